The quantitative estimate of drug-likeness (QED) is 0.525. The Hall–Kier alpha value is -1.37. The Balaban J connectivity index is 2.95. The Morgan fingerprint density at radius 2 is 2.17 bits per heavy atom. The number of hydrogen-bond donors (Lipinski definition) is 1. The van der Waals surface area contributed by atoms with Gasteiger partial charge in [-0.05, 0) is 13.8 Å². The van der Waals surface area contributed by atoms with Gasteiger partial charge in [-0.2, -0.15) is 0 Å². The van der Waals surface area contributed by atoms with Crippen molar-refractivity contribution >= 4 is 27.5 Å². The molecular weight excluding hydrogens is 302 g/mol. The van der Waals surface area contributed by atoms with Gasteiger partial charge in [0, 0.05) is 23.5 Å². The number of halogens is 1. The third kappa shape index (κ3) is 3.10. The first-order valence-electron chi connectivity index (χ1n) is 5.42. The number of nitrogens with one attached hydrogen (secondary N) is 1. The predicted molar refractivity (Wildman–Crippen MR) is 72.0 cm³/mol. The van der Waals surface area contributed by atoms with E-state index in [2.05, 4.69) is 21.2 Å². The average Bonchev–Trinajstić information content (AvgIpc) is 2.59. The van der Waals surface area contributed by atoms with E-state index >= 15 is 0 Å². The van der Waals surface area contributed by atoms with Crippen molar-refractivity contribution in [3.63, 3.8) is 0 Å². The van der Waals surface area contributed by atoms with E-state index in [0.29, 0.717) is 0 Å². The highest BCUT2D eigenvalue weighted by Gasteiger charge is 2.28. The second-order valence-corrected chi connectivity index (χ2v) is 6.12. The number of carbonyl (C=O) groups is 1. The second-order valence-electron chi connectivity index (χ2n) is 4.74. The molecule has 1 aromatic rings. The SMILES string of the molecule is CC(Br)C(C)(C)NC(=O)c1cc([N+](=O)[O-])cn1C. The van der Waals surface area contributed by atoms with Gasteiger partial charge in [0.1, 0.15) is 5.69 Å². The third-order valence-corrected chi connectivity index (χ3v) is 4.01. The first-order chi connectivity index (χ1) is 8.15. The Bertz CT molecular complexity index is 480. The van der Waals surface area contributed by atoms with Gasteiger partial charge >= 0.3 is 0 Å². The molecule has 0 saturated carbocycles. The van der Waals surface area contributed by atoms with Crippen molar-refractivity contribution in [1.82, 2.24) is 9.88 Å². The van der Waals surface area contributed by atoms with Crippen molar-refractivity contribution in [2.45, 2.75) is 31.1 Å². The Kier molecular flexibility index (Phi) is 4.16. The van der Waals surface area contributed by atoms with Crippen molar-refractivity contribution in [3.05, 3.63) is 28.1 Å². The summed E-state index contributed by atoms with van der Waals surface area (Å²) < 4.78 is 1.45. The number of amides is 1. The molecule has 1 unspecified atom stereocenters. The molecule has 0 aliphatic carbocycles. The molecule has 0 spiro atoms. The minimum absolute atomic E-state index is 0.0733. The normalized spacial score (nSPS) is 13.2. The van der Waals surface area contributed by atoms with Crippen molar-refractivity contribution in [1.29, 1.82) is 0 Å². The van der Waals surface area contributed by atoms with Crippen molar-refractivity contribution in [2.75, 3.05) is 0 Å². The molecule has 1 atom stereocenters. The van der Waals surface area contributed by atoms with Crippen molar-refractivity contribution < 1.29 is 9.72 Å². The summed E-state index contributed by atoms with van der Waals surface area (Å²) in [6.45, 7) is 5.68. The van der Waals surface area contributed by atoms with Crippen LogP contribution in [0.25, 0.3) is 0 Å². The van der Waals surface area contributed by atoms with Gasteiger partial charge in [-0.1, -0.05) is 22.9 Å². The standard InChI is InChI=1S/C11H16BrN3O3/c1-7(12)11(2,3)13-10(16)9-5-8(15(17)18)6-14(9)4/h5-7H,1-4H3,(H,13,16). The summed E-state index contributed by atoms with van der Waals surface area (Å²) in [5.74, 6) is -0.332. The molecule has 1 heterocycles. The lowest BCUT2D eigenvalue weighted by Gasteiger charge is -2.29. The maximum Gasteiger partial charge on any atom is 0.287 e. The van der Waals surface area contributed by atoms with Crippen LogP contribution in [0.4, 0.5) is 5.69 Å². The smallest absolute Gasteiger partial charge is 0.287 e. The molecule has 0 bridgehead atoms. The molecule has 0 aromatic carbocycles. The van der Waals surface area contributed by atoms with E-state index < -0.39 is 10.5 Å². The molecule has 18 heavy (non-hydrogen) atoms. The highest BCUT2D eigenvalue weighted by Crippen LogP contribution is 2.19. The number of carbonyl (C=O) groups excluding carboxylic acids is 1. The molecule has 0 aliphatic heterocycles. The number of nitrogens with zero attached hydrogens (tertiary/aromatic N) is 2. The minimum Gasteiger partial charge on any atom is -0.345 e. The van der Waals surface area contributed by atoms with Gasteiger partial charge in [-0.15, -0.1) is 0 Å². The van der Waals surface area contributed by atoms with Gasteiger partial charge in [-0.3, -0.25) is 14.9 Å². The number of aryl methyl sites for hydroxylation is 1. The van der Waals surface area contributed by atoms with Gasteiger partial charge in [0.15, 0.2) is 0 Å². The fraction of sp³-hybridized carbons (Fsp3) is 0.545. The molecule has 100 valence electrons. The first kappa shape index (κ1) is 14.7. The maximum absolute atomic E-state index is 12.0. The number of aromatic nitrogens is 1. The highest BCUT2D eigenvalue weighted by atomic mass is 79.9. The van der Waals surface area contributed by atoms with Crippen molar-refractivity contribution in [2.24, 2.45) is 7.05 Å². The third-order valence-electron chi connectivity index (χ3n) is 2.86. The van der Waals surface area contributed by atoms with Gasteiger partial charge in [0.25, 0.3) is 11.6 Å². The molecule has 6 nitrogen and oxygen atoms in total. The zero-order chi connectivity index (χ0) is 14.1. The number of nitro groups is 1. The molecule has 1 rings (SSSR count). The Morgan fingerprint density at radius 1 is 1.61 bits per heavy atom. The summed E-state index contributed by atoms with van der Waals surface area (Å²) in [5.41, 5.74) is -0.272. The van der Waals surface area contributed by atoms with E-state index in [1.54, 1.807) is 7.05 Å². The van der Waals surface area contributed by atoms with Gasteiger partial charge < -0.3 is 9.88 Å². The molecule has 1 N–H and O–H groups in total. The highest BCUT2D eigenvalue weighted by molar-refractivity contribution is 9.09. The van der Waals surface area contributed by atoms with E-state index in [4.69, 9.17) is 0 Å². The van der Waals surface area contributed by atoms with Gasteiger partial charge in [0.05, 0.1) is 11.1 Å². The first-order valence-corrected chi connectivity index (χ1v) is 6.34. The molecule has 1 amide bonds. The van der Waals surface area contributed by atoms with Crippen LogP contribution in [0.5, 0.6) is 0 Å². The molecule has 0 aliphatic rings. The molecule has 0 fully saturated rings. The van der Waals surface area contributed by atoms with E-state index in [1.807, 2.05) is 20.8 Å². The lowest BCUT2D eigenvalue weighted by atomic mass is 10.0. The minimum atomic E-state index is -0.519. The molecule has 0 saturated heterocycles. The molecule has 0 radical (unpaired) electrons. The zero-order valence-electron chi connectivity index (χ0n) is 10.7. The van der Waals surface area contributed by atoms with Crippen LogP contribution in [0.2, 0.25) is 0 Å². The second kappa shape index (κ2) is 5.09. The largest absolute Gasteiger partial charge is 0.345 e. The fourth-order valence-electron chi connectivity index (χ4n) is 1.33. The summed E-state index contributed by atoms with van der Waals surface area (Å²) in [6.07, 6.45) is 1.32. The molecule has 1 aromatic heterocycles. The van der Waals surface area contributed by atoms with Crippen LogP contribution in [-0.4, -0.2) is 25.8 Å². The summed E-state index contributed by atoms with van der Waals surface area (Å²) in [7, 11) is 1.60. The zero-order valence-corrected chi connectivity index (χ0v) is 12.3. The summed E-state index contributed by atoms with van der Waals surface area (Å²) in [6, 6.07) is 1.27. The number of alkyl halides is 1. The lowest BCUT2D eigenvalue weighted by Crippen LogP contribution is -2.49. The predicted octanol–water partition coefficient (Wildman–Crippen LogP) is 2.23. The Morgan fingerprint density at radius 3 is 2.56 bits per heavy atom. The fourth-order valence-corrected chi connectivity index (χ4v) is 1.44. The van der Waals surface area contributed by atoms with Crippen LogP contribution in [0.1, 0.15) is 31.3 Å². The summed E-state index contributed by atoms with van der Waals surface area (Å²) >= 11 is 3.41. The number of hydrogen-bond acceptors (Lipinski definition) is 3. The summed E-state index contributed by atoms with van der Waals surface area (Å²) in [5, 5.41) is 13.5. The van der Waals surface area contributed by atoms with E-state index in [1.165, 1.54) is 16.8 Å². The Labute approximate surface area is 114 Å². The monoisotopic (exact) mass is 317 g/mol. The van der Waals surface area contributed by atoms with Crippen LogP contribution in [-0.2, 0) is 7.05 Å². The molecule has 7 heteroatoms. The van der Waals surface area contributed by atoms with E-state index in [0.717, 1.165) is 0 Å². The van der Waals surface area contributed by atoms with Gasteiger partial charge in [0.2, 0.25) is 0 Å². The van der Waals surface area contributed by atoms with E-state index in [9.17, 15) is 14.9 Å². The van der Waals surface area contributed by atoms with Crippen LogP contribution < -0.4 is 5.32 Å². The van der Waals surface area contributed by atoms with E-state index in [-0.39, 0.29) is 22.1 Å². The van der Waals surface area contributed by atoms with Crippen molar-refractivity contribution in [3.8, 4) is 0 Å². The number of rotatable bonds is 4. The van der Waals surface area contributed by atoms with Crippen LogP contribution in [0.15, 0.2) is 12.3 Å². The van der Waals surface area contributed by atoms with Crippen LogP contribution in [0.3, 0.4) is 0 Å². The van der Waals surface area contributed by atoms with Crippen LogP contribution in [0, 0.1) is 10.1 Å². The lowest BCUT2D eigenvalue weighted by molar-refractivity contribution is -0.384. The van der Waals surface area contributed by atoms with Crippen LogP contribution >= 0.6 is 15.9 Å². The molecular formula is C11H16BrN3O3. The maximum atomic E-state index is 12.0. The van der Waals surface area contributed by atoms with Gasteiger partial charge in [-0.25, -0.2) is 0 Å². The topological polar surface area (TPSA) is 77.2 Å². The average molecular weight is 318 g/mol. The summed E-state index contributed by atoms with van der Waals surface area (Å²) in [4.78, 5) is 22.2.